The molecule has 2 heteroatoms. The lowest BCUT2D eigenvalue weighted by atomic mass is 10.1. The van der Waals surface area contributed by atoms with E-state index in [2.05, 4.69) is 76.1 Å². The highest BCUT2D eigenvalue weighted by Crippen LogP contribution is 2.15. The van der Waals surface area contributed by atoms with E-state index in [-0.39, 0.29) is 0 Å². The average Bonchev–Trinajstić information content (AvgIpc) is 3.13. The molecule has 0 radical (unpaired) electrons. The first-order valence-electron chi connectivity index (χ1n) is 9.80. The van der Waals surface area contributed by atoms with Crippen molar-refractivity contribution in [1.29, 1.82) is 0 Å². The molecule has 0 saturated carbocycles. The molecule has 0 saturated heterocycles. The highest BCUT2D eigenvalue weighted by atomic mass is 15.1. The molecule has 2 rings (SSSR count). The summed E-state index contributed by atoms with van der Waals surface area (Å²) in [4.78, 5) is 4.45. The van der Waals surface area contributed by atoms with Crippen LogP contribution in [0.15, 0.2) is 24.6 Å². The predicted octanol–water partition coefficient (Wildman–Crippen LogP) is 6.41. The first-order chi connectivity index (χ1) is 11.0. The van der Waals surface area contributed by atoms with Crippen molar-refractivity contribution >= 4 is 0 Å². The third kappa shape index (κ3) is 19.0. The lowest BCUT2D eigenvalue weighted by Crippen LogP contribution is -2.12. The Bertz CT molecular complexity index is 249. The molecular formula is C21H46N2. The number of hydrogen-bond donors (Lipinski definition) is 0. The van der Waals surface area contributed by atoms with Crippen LogP contribution in [0.1, 0.15) is 74.7 Å². The minimum atomic E-state index is 0.769. The summed E-state index contributed by atoms with van der Waals surface area (Å²) in [6, 6.07) is 0. The number of hydrogen-bond acceptors (Lipinski definition) is 2. The summed E-state index contributed by atoms with van der Waals surface area (Å²) >= 11 is 0. The van der Waals surface area contributed by atoms with Crippen LogP contribution in [0.2, 0.25) is 0 Å². The molecule has 2 unspecified atom stereocenters. The van der Waals surface area contributed by atoms with Crippen LogP contribution in [-0.2, 0) is 0 Å². The van der Waals surface area contributed by atoms with E-state index < -0.39 is 0 Å². The van der Waals surface area contributed by atoms with Crippen LogP contribution in [0.4, 0.5) is 0 Å². The van der Waals surface area contributed by atoms with E-state index in [1.54, 1.807) is 0 Å². The van der Waals surface area contributed by atoms with Crippen molar-refractivity contribution in [2.45, 2.75) is 74.7 Å². The maximum absolute atomic E-state index is 2.31. The summed E-state index contributed by atoms with van der Waals surface area (Å²) in [5.41, 5.74) is 0. The van der Waals surface area contributed by atoms with Crippen LogP contribution in [-0.4, -0.2) is 37.0 Å². The highest BCUT2D eigenvalue weighted by molar-refractivity contribution is 4.96. The van der Waals surface area contributed by atoms with Crippen LogP contribution in [0.25, 0.3) is 0 Å². The first-order valence-corrected chi connectivity index (χ1v) is 9.80. The van der Waals surface area contributed by atoms with Gasteiger partial charge in [0.2, 0.25) is 0 Å². The van der Waals surface area contributed by atoms with Gasteiger partial charge in [-0.15, -0.1) is 0 Å². The summed E-state index contributed by atoms with van der Waals surface area (Å²) in [5, 5.41) is 0. The summed E-state index contributed by atoms with van der Waals surface area (Å²) in [6.07, 6.45) is 12.7. The van der Waals surface area contributed by atoms with Crippen molar-refractivity contribution in [3.63, 3.8) is 0 Å². The molecule has 0 N–H and O–H groups in total. The normalized spacial score (nSPS) is 20.3. The van der Waals surface area contributed by atoms with Crippen molar-refractivity contribution in [2.75, 3.05) is 27.2 Å². The lowest BCUT2D eigenvalue weighted by molar-refractivity contribution is 0.421. The second-order valence-electron chi connectivity index (χ2n) is 5.80. The zero-order valence-electron chi connectivity index (χ0n) is 17.9. The quantitative estimate of drug-likeness (QED) is 0.578. The third-order valence-corrected chi connectivity index (χ3v) is 3.04. The van der Waals surface area contributed by atoms with E-state index in [1.807, 2.05) is 27.7 Å². The predicted molar refractivity (Wildman–Crippen MR) is 110 cm³/mol. The Morgan fingerprint density at radius 1 is 0.826 bits per heavy atom. The Balaban J connectivity index is -0.000000255. The SMILES string of the molecule is CC.CC.CC1C=CN(C)C1.CCC.CCCC1C=CN(C)C1. The molecule has 140 valence electrons. The molecule has 2 aliphatic rings. The summed E-state index contributed by atoms with van der Waals surface area (Å²) in [6.45, 7) is 19.1. The summed E-state index contributed by atoms with van der Waals surface area (Å²) in [5.74, 6) is 1.60. The number of rotatable bonds is 2. The molecule has 0 amide bonds. The van der Waals surface area contributed by atoms with Crippen LogP contribution < -0.4 is 0 Å². The fourth-order valence-electron chi connectivity index (χ4n) is 2.19. The van der Waals surface area contributed by atoms with E-state index in [1.165, 1.54) is 32.4 Å². The van der Waals surface area contributed by atoms with Gasteiger partial charge in [0.05, 0.1) is 0 Å². The Labute approximate surface area is 148 Å². The van der Waals surface area contributed by atoms with Crippen molar-refractivity contribution in [1.82, 2.24) is 9.80 Å². The van der Waals surface area contributed by atoms with Crippen LogP contribution in [0, 0.1) is 11.8 Å². The van der Waals surface area contributed by atoms with E-state index in [4.69, 9.17) is 0 Å². The van der Waals surface area contributed by atoms with Crippen molar-refractivity contribution < 1.29 is 0 Å². The van der Waals surface area contributed by atoms with Crippen molar-refractivity contribution in [2.24, 2.45) is 11.8 Å². The molecule has 2 aliphatic heterocycles. The van der Waals surface area contributed by atoms with Gasteiger partial charge < -0.3 is 9.80 Å². The minimum absolute atomic E-state index is 0.769. The molecule has 2 nitrogen and oxygen atoms in total. The monoisotopic (exact) mass is 326 g/mol. The maximum Gasteiger partial charge on any atom is 0.0232 e. The van der Waals surface area contributed by atoms with Crippen LogP contribution in [0.5, 0.6) is 0 Å². The van der Waals surface area contributed by atoms with Gasteiger partial charge in [0.15, 0.2) is 0 Å². The molecule has 2 heterocycles. The van der Waals surface area contributed by atoms with Gasteiger partial charge in [0, 0.05) is 27.2 Å². The Kier molecular flexibility index (Phi) is 24.7. The van der Waals surface area contributed by atoms with Gasteiger partial charge in [-0.2, -0.15) is 0 Å². The van der Waals surface area contributed by atoms with E-state index in [0.29, 0.717) is 0 Å². The maximum atomic E-state index is 2.31. The smallest absolute Gasteiger partial charge is 0.0232 e. The molecule has 0 aliphatic carbocycles. The second-order valence-corrected chi connectivity index (χ2v) is 5.80. The van der Waals surface area contributed by atoms with Crippen molar-refractivity contribution in [3.8, 4) is 0 Å². The molecule has 0 spiro atoms. The van der Waals surface area contributed by atoms with Gasteiger partial charge in [0.1, 0.15) is 0 Å². The van der Waals surface area contributed by atoms with Crippen LogP contribution >= 0.6 is 0 Å². The molecule has 0 bridgehead atoms. The standard InChI is InChI=1S/C8H15N.C6H11N.C3H8.2C2H6/c1-3-4-8-5-6-9(2)7-8;1-6-3-4-7(2)5-6;1-3-2;2*1-2/h5-6,8H,3-4,7H2,1-2H3;3-4,6H,5H2,1-2H3;3H2,1-2H3;2*1-2H3. The Hall–Kier alpha value is -0.920. The fourth-order valence-corrected chi connectivity index (χ4v) is 2.19. The minimum Gasteiger partial charge on any atom is -0.380 e. The summed E-state index contributed by atoms with van der Waals surface area (Å²) in [7, 11) is 4.23. The lowest BCUT2D eigenvalue weighted by Gasteiger charge is -2.10. The average molecular weight is 327 g/mol. The highest BCUT2D eigenvalue weighted by Gasteiger charge is 2.10. The Morgan fingerprint density at radius 3 is 1.48 bits per heavy atom. The topological polar surface area (TPSA) is 6.48 Å². The zero-order valence-corrected chi connectivity index (χ0v) is 17.9. The second kappa shape index (κ2) is 21.1. The molecule has 0 aromatic heterocycles. The van der Waals surface area contributed by atoms with Crippen LogP contribution in [0.3, 0.4) is 0 Å². The Morgan fingerprint density at radius 2 is 1.26 bits per heavy atom. The van der Waals surface area contributed by atoms with Gasteiger partial charge in [-0.3, -0.25) is 0 Å². The van der Waals surface area contributed by atoms with Gasteiger partial charge in [-0.25, -0.2) is 0 Å². The molecular weight excluding hydrogens is 280 g/mol. The zero-order chi connectivity index (χ0) is 18.7. The van der Waals surface area contributed by atoms with E-state index in [0.717, 1.165) is 11.8 Å². The summed E-state index contributed by atoms with van der Waals surface area (Å²) < 4.78 is 0. The van der Waals surface area contributed by atoms with Gasteiger partial charge in [-0.05, 0) is 30.7 Å². The molecule has 0 aromatic rings. The van der Waals surface area contributed by atoms with Crippen molar-refractivity contribution in [3.05, 3.63) is 24.6 Å². The van der Waals surface area contributed by atoms with Gasteiger partial charge in [-0.1, -0.05) is 80.4 Å². The third-order valence-electron chi connectivity index (χ3n) is 3.04. The molecule has 0 aromatic carbocycles. The molecule has 2 atom stereocenters. The van der Waals surface area contributed by atoms with E-state index >= 15 is 0 Å². The van der Waals surface area contributed by atoms with Gasteiger partial charge >= 0.3 is 0 Å². The first kappa shape index (κ1) is 27.0. The fraction of sp³-hybridized carbons (Fsp3) is 0.810. The largest absolute Gasteiger partial charge is 0.380 e. The molecule has 23 heavy (non-hydrogen) atoms. The number of nitrogens with zero attached hydrogens (tertiary/aromatic N) is 2. The molecule has 0 fully saturated rings. The van der Waals surface area contributed by atoms with E-state index in [9.17, 15) is 0 Å². The van der Waals surface area contributed by atoms with Gasteiger partial charge in [0.25, 0.3) is 0 Å².